The van der Waals surface area contributed by atoms with Crippen LogP contribution in [0.2, 0.25) is 0 Å². The van der Waals surface area contributed by atoms with Crippen molar-refractivity contribution >= 4 is 5.95 Å². The topological polar surface area (TPSA) is 105 Å². The van der Waals surface area contributed by atoms with Gasteiger partial charge in [-0.15, -0.1) is 18.3 Å². The van der Waals surface area contributed by atoms with E-state index in [0.29, 0.717) is 17.9 Å². The molecule has 4 aromatic rings. The number of aryl methyl sites for hydroxylation is 1. The Hall–Kier alpha value is -4.02. The second-order valence-electron chi connectivity index (χ2n) is 6.82. The van der Waals surface area contributed by atoms with Crippen molar-refractivity contribution < 1.29 is 17.9 Å². The van der Waals surface area contributed by atoms with E-state index in [9.17, 15) is 13.2 Å². The SMILES string of the molecule is CCc1cccc(Cn2cc(-c3cc(-c4ccccc4OC(F)(F)F)nc(N)n3)nn2)n1. The van der Waals surface area contributed by atoms with Gasteiger partial charge >= 0.3 is 6.36 Å². The number of pyridine rings is 1. The second kappa shape index (κ2) is 8.61. The zero-order valence-corrected chi connectivity index (χ0v) is 16.9. The highest BCUT2D eigenvalue weighted by molar-refractivity contribution is 5.71. The van der Waals surface area contributed by atoms with Crippen LogP contribution in [0.25, 0.3) is 22.6 Å². The Balaban J connectivity index is 1.65. The number of para-hydroxylation sites is 1. The van der Waals surface area contributed by atoms with E-state index in [4.69, 9.17) is 5.73 Å². The summed E-state index contributed by atoms with van der Waals surface area (Å²) in [6.45, 7) is 2.42. The molecule has 0 radical (unpaired) electrons. The van der Waals surface area contributed by atoms with Crippen LogP contribution in [-0.4, -0.2) is 36.3 Å². The van der Waals surface area contributed by atoms with Gasteiger partial charge in [-0.1, -0.05) is 30.3 Å². The Bertz CT molecular complexity index is 1240. The van der Waals surface area contributed by atoms with Crippen molar-refractivity contribution in [3.63, 3.8) is 0 Å². The lowest BCUT2D eigenvalue weighted by Gasteiger charge is -2.13. The minimum absolute atomic E-state index is 0.119. The molecule has 0 atom stereocenters. The number of halogens is 3. The monoisotopic (exact) mass is 441 g/mol. The average Bonchev–Trinajstić information content (AvgIpc) is 3.21. The molecule has 3 heterocycles. The summed E-state index contributed by atoms with van der Waals surface area (Å²) in [5, 5.41) is 8.20. The number of alkyl halides is 3. The third kappa shape index (κ3) is 4.99. The first-order valence-electron chi connectivity index (χ1n) is 9.66. The van der Waals surface area contributed by atoms with Crippen LogP contribution in [0.5, 0.6) is 5.75 Å². The maximum absolute atomic E-state index is 12.8. The molecular weight excluding hydrogens is 423 g/mol. The average molecular weight is 441 g/mol. The molecule has 0 aliphatic rings. The van der Waals surface area contributed by atoms with Crippen molar-refractivity contribution in [1.82, 2.24) is 29.9 Å². The molecule has 0 amide bonds. The lowest BCUT2D eigenvalue weighted by atomic mass is 10.1. The fourth-order valence-electron chi connectivity index (χ4n) is 3.10. The molecule has 4 rings (SSSR count). The first-order chi connectivity index (χ1) is 15.3. The summed E-state index contributed by atoms with van der Waals surface area (Å²) < 4.78 is 44.1. The summed E-state index contributed by atoms with van der Waals surface area (Å²) in [6, 6.07) is 12.9. The molecule has 0 spiro atoms. The number of nitrogens with two attached hydrogens (primary N) is 1. The summed E-state index contributed by atoms with van der Waals surface area (Å²) in [6.07, 6.45) is -2.37. The van der Waals surface area contributed by atoms with E-state index in [1.807, 2.05) is 25.1 Å². The van der Waals surface area contributed by atoms with E-state index in [-0.39, 0.29) is 17.2 Å². The predicted molar refractivity (Wildman–Crippen MR) is 110 cm³/mol. The Labute approximate surface area is 180 Å². The smallest absolute Gasteiger partial charge is 0.405 e. The molecule has 0 saturated heterocycles. The number of ether oxygens (including phenoxy) is 1. The number of aromatic nitrogens is 6. The fraction of sp³-hybridized carbons (Fsp3) is 0.190. The zero-order valence-electron chi connectivity index (χ0n) is 16.9. The van der Waals surface area contributed by atoms with E-state index < -0.39 is 12.1 Å². The summed E-state index contributed by atoms with van der Waals surface area (Å²) in [5.74, 6) is -0.513. The van der Waals surface area contributed by atoms with Gasteiger partial charge in [-0.3, -0.25) is 4.98 Å². The third-order valence-corrected chi connectivity index (χ3v) is 4.48. The Morgan fingerprint density at radius 2 is 1.69 bits per heavy atom. The molecule has 0 unspecified atom stereocenters. The Morgan fingerprint density at radius 1 is 0.938 bits per heavy atom. The minimum Gasteiger partial charge on any atom is -0.405 e. The highest BCUT2D eigenvalue weighted by Gasteiger charge is 2.32. The number of hydrogen-bond donors (Lipinski definition) is 1. The van der Waals surface area contributed by atoms with E-state index in [0.717, 1.165) is 17.8 Å². The summed E-state index contributed by atoms with van der Waals surface area (Å²) in [5.41, 5.74) is 8.60. The van der Waals surface area contributed by atoms with Crippen molar-refractivity contribution in [3.8, 4) is 28.4 Å². The number of nitrogen functional groups attached to an aromatic ring is 1. The van der Waals surface area contributed by atoms with Gasteiger partial charge in [0.25, 0.3) is 0 Å². The number of nitrogens with zero attached hydrogens (tertiary/aromatic N) is 6. The summed E-state index contributed by atoms with van der Waals surface area (Å²) in [4.78, 5) is 12.8. The molecule has 2 N–H and O–H groups in total. The van der Waals surface area contributed by atoms with E-state index >= 15 is 0 Å². The predicted octanol–water partition coefficient (Wildman–Crippen LogP) is 3.89. The molecule has 0 bridgehead atoms. The number of rotatable bonds is 6. The van der Waals surface area contributed by atoms with Crippen molar-refractivity contribution in [2.75, 3.05) is 5.73 Å². The number of anilines is 1. The van der Waals surface area contributed by atoms with Gasteiger partial charge in [0, 0.05) is 11.3 Å². The van der Waals surface area contributed by atoms with Crippen LogP contribution in [0.15, 0.2) is 54.7 Å². The van der Waals surface area contributed by atoms with Gasteiger partial charge in [0.2, 0.25) is 5.95 Å². The van der Waals surface area contributed by atoms with Crippen LogP contribution >= 0.6 is 0 Å². The molecule has 164 valence electrons. The molecule has 0 saturated carbocycles. The molecule has 8 nitrogen and oxygen atoms in total. The standard InChI is InChI=1S/C21H18F3N7O/c1-2-13-6-5-7-14(26-13)11-31-12-18(29-30-31)17-10-16(27-20(25)28-17)15-8-3-4-9-19(15)32-21(22,23)24/h3-10,12H,2,11H2,1H3,(H2,25,27,28). The van der Waals surface area contributed by atoms with Gasteiger partial charge in [-0.05, 0) is 36.8 Å². The van der Waals surface area contributed by atoms with Crippen LogP contribution in [0.3, 0.4) is 0 Å². The van der Waals surface area contributed by atoms with Crippen molar-refractivity contribution in [2.24, 2.45) is 0 Å². The van der Waals surface area contributed by atoms with Crippen LogP contribution < -0.4 is 10.5 Å². The Morgan fingerprint density at radius 3 is 2.47 bits per heavy atom. The van der Waals surface area contributed by atoms with Crippen LogP contribution in [0, 0.1) is 0 Å². The van der Waals surface area contributed by atoms with Gasteiger partial charge in [0.1, 0.15) is 11.4 Å². The third-order valence-electron chi connectivity index (χ3n) is 4.48. The molecule has 32 heavy (non-hydrogen) atoms. The van der Waals surface area contributed by atoms with E-state index in [1.54, 1.807) is 16.9 Å². The molecular formula is C21H18F3N7O. The van der Waals surface area contributed by atoms with Crippen molar-refractivity contribution in [2.45, 2.75) is 26.3 Å². The molecule has 0 aliphatic carbocycles. The largest absolute Gasteiger partial charge is 0.573 e. The fourth-order valence-corrected chi connectivity index (χ4v) is 3.10. The molecule has 0 aliphatic heterocycles. The molecule has 0 fully saturated rings. The van der Waals surface area contributed by atoms with Gasteiger partial charge < -0.3 is 10.5 Å². The molecule has 1 aromatic carbocycles. The van der Waals surface area contributed by atoms with Gasteiger partial charge in [-0.25, -0.2) is 14.6 Å². The van der Waals surface area contributed by atoms with Gasteiger partial charge in [0.05, 0.1) is 29.8 Å². The number of benzene rings is 1. The highest BCUT2D eigenvalue weighted by atomic mass is 19.4. The normalized spacial score (nSPS) is 11.5. The van der Waals surface area contributed by atoms with Crippen LogP contribution in [0.1, 0.15) is 18.3 Å². The second-order valence-corrected chi connectivity index (χ2v) is 6.82. The number of hydrogen-bond acceptors (Lipinski definition) is 7. The summed E-state index contributed by atoms with van der Waals surface area (Å²) >= 11 is 0. The summed E-state index contributed by atoms with van der Waals surface area (Å²) in [7, 11) is 0. The lowest BCUT2D eigenvalue weighted by Crippen LogP contribution is -2.17. The van der Waals surface area contributed by atoms with Gasteiger partial charge in [0.15, 0.2) is 0 Å². The van der Waals surface area contributed by atoms with Crippen molar-refractivity contribution in [3.05, 3.63) is 66.1 Å². The van der Waals surface area contributed by atoms with Crippen molar-refractivity contribution in [1.29, 1.82) is 0 Å². The lowest BCUT2D eigenvalue weighted by molar-refractivity contribution is -0.274. The maximum Gasteiger partial charge on any atom is 0.573 e. The van der Waals surface area contributed by atoms with E-state index in [2.05, 4.69) is 30.0 Å². The first kappa shape index (κ1) is 21.2. The first-order valence-corrected chi connectivity index (χ1v) is 9.66. The quantitative estimate of drug-likeness (QED) is 0.484. The van der Waals surface area contributed by atoms with Crippen LogP contribution in [-0.2, 0) is 13.0 Å². The maximum atomic E-state index is 12.8. The molecule has 11 heteroatoms. The highest BCUT2D eigenvalue weighted by Crippen LogP contribution is 2.34. The molecule has 3 aromatic heterocycles. The van der Waals surface area contributed by atoms with Crippen LogP contribution in [0.4, 0.5) is 19.1 Å². The Kier molecular flexibility index (Phi) is 5.71. The van der Waals surface area contributed by atoms with E-state index in [1.165, 1.54) is 24.3 Å². The van der Waals surface area contributed by atoms with Gasteiger partial charge in [-0.2, -0.15) is 0 Å². The zero-order chi connectivity index (χ0) is 22.7. The minimum atomic E-state index is -4.84.